The molecule has 0 amide bonds. The summed E-state index contributed by atoms with van der Waals surface area (Å²) in [6.07, 6.45) is 1.37. The Morgan fingerprint density at radius 1 is 1.07 bits per heavy atom. The topological polar surface area (TPSA) is 80.8 Å². The fourth-order valence-electron chi connectivity index (χ4n) is 2.45. The maximum Gasteiger partial charge on any atom is 0.346 e. The first kappa shape index (κ1) is 25.0. The highest BCUT2D eigenvalue weighted by atomic mass is 35.5. The van der Waals surface area contributed by atoms with Crippen LogP contribution in [0.4, 0.5) is 5.69 Å². The number of hydrogen-bond donors (Lipinski definition) is 0. The molecule has 0 aliphatic heterocycles. The van der Waals surface area contributed by atoms with Crippen molar-refractivity contribution < 1.29 is 14.0 Å². The molecule has 1 heterocycles. The monoisotopic (exact) mass is 482 g/mol. The molecule has 0 fully saturated rings. The fourth-order valence-corrected chi connectivity index (χ4v) is 6.13. The van der Waals surface area contributed by atoms with E-state index in [1.165, 1.54) is 12.3 Å². The number of hydrogen-bond acceptors (Lipinski definition) is 4. The lowest BCUT2D eigenvalue weighted by atomic mass is 10.4. The average Bonchev–Trinajstić information content (AvgIpc) is 3.00. The molecule has 0 aromatic carbocycles. The second-order valence-electron chi connectivity index (χ2n) is 5.48. The smallest absolute Gasteiger partial charge is 0.346 e. The van der Waals surface area contributed by atoms with Gasteiger partial charge in [0.15, 0.2) is 0 Å². The Hall–Kier alpha value is -0.0500. The summed E-state index contributed by atoms with van der Waals surface area (Å²) in [6, 6.07) is 1.38. The summed E-state index contributed by atoms with van der Waals surface area (Å²) < 4.78 is 24.4. The summed E-state index contributed by atoms with van der Waals surface area (Å²) in [4.78, 5) is 10.4. The number of alkyl halides is 4. The van der Waals surface area contributed by atoms with E-state index in [2.05, 4.69) is 0 Å². The van der Waals surface area contributed by atoms with Gasteiger partial charge in [0.05, 0.1) is 23.4 Å². The summed E-state index contributed by atoms with van der Waals surface area (Å²) in [5, 5.41) is 10.9. The number of halogens is 4. The molecule has 1 aromatic heterocycles. The van der Waals surface area contributed by atoms with Crippen LogP contribution in [0.5, 0.6) is 0 Å². The highest BCUT2D eigenvalue weighted by molar-refractivity contribution is 7.54. The Balaban J connectivity index is 3.15. The zero-order valence-electron chi connectivity index (χ0n) is 14.9. The van der Waals surface area contributed by atoms with E-state index >= 15 is 0 Å². The molecule has 0 radical (unpaired) electrons. The van der Waals surface area contributed by atoms with Gasteiger partial charge >= 0.3 is 7.67 Å². The van der Waals surface area contributed by atoms with E-state index in [0.29, 0.717) is 31.9 Å². The molecule has 0 saturated carbocycles. The number of aromatic nitrogens is 1. The maximum absolute atomic E-state index is 13.9. The zero-order chi connectivity index (χ0) is 20.4. The maximum atomic E-state index is 13.9. The van der Waals surface area contributed by atoms with E-state index in [0.717, 1.165) is 0 Å². The van der Waals surface area contributed by atoms with Gasteiger partial charge in [-0.05, 0) is 0 Å². The van der Waals surface area contributed by atoms with Crippen molar-refractivity contribution in [2.75, 3.05) is 49.7 Å². The van der Waals surface area contributed by atoms with Gasteiger partial charge in [0.2, 0.25) is 0 Å². The van der Waals surface area contributed by atoms with Gasteiger partial charge in [-0.15, -0.1) is 46.4 Å². The van der Waals surface area contributed by atoms with Crippen molar-refractivity contribution >= 4 is 59.8 Å². The molecule has 0 aliphatic rings. The van der Waals surface area contributed by atoms with E-state index in [4.69, 9.17) is 50.9 Å². The third-order valence-corrected chi connectivity index (χ3v) is 7.14. The Labute approximate surface area is 178 Å². The van der Waals surface area contributed by atoms with E-state index in [1.807, 2.05) is 0 Å². The van der Waals surface area contributed by atoms with Crippen LogP contribution < -0.4 is 0 Å². The highest BCUT2D eigenvalue weighted by Crippen LogP contribution is 2.54. The lowest BCUT2D eigenvalue weighted by molar-refractivity contribution is -0.384. The van der Waals surface area contributed by atoms with Gasteiger partial charge < -0.3 is 4.57 Å². The first-order valence-corrected chi connectivity index (χ1v) is 11.8. The first-order chi connectivity index (χ1) is 12.8. The molecular formula is C14H23Cl4N4O4P. The highest BCUT2D eigenvalue weighted by Gasteiger charge is 2.38. The molecule has 13 heteroatoms. The van der Waals surface area contributed by atoms with Crippen LogP contribution in [0.1, 0.15) is 5.69 Å². The molecule has 1 aromatic rings. The van der Waals surface area contributed by atoms with E-state index in [-0.39, 0.29) is 35.8 Å². The second kappa shape index (κ2) is 12.5. The number of nitrogens with zero attached hydrogens (tertiary/aromatic N) is 4. The van der Waals surface area contributed by atoms with Crippen molar-refractivity contribution in [1.82, 2.24) is 13.9 Å². The first-order valence-electron chi connectivity index (χ1n) is 8.13. The molecular weight excluding hydrogens is 461 g/mol. The van der Waals surface area contributed by atoms with Crippen LogP contribution in [0, 0.1) is 10.1 Å². The Kier molecular flexibility index (Phi) is 11.6. The van der Waals surface area contributed by atoms with Crippen LogP contribution in [0.3, 0.4) is 0 Å². The van der Waals surface area contributed by atoms with Gasteiger partial charge in [-0.1, -0.05) is 0 Å². The molecule has 156 valence electrons. The van der Waals surface area contributed by atoms with E-state index in [1.54, 1.807) is 21.0 Å². The summed E-state index contributed by atoms with van der Waals surface area (Å²) >= 11 is 23.5. The van der Waals surface area contributed by atoms with Crippen LogP contribution in [-0.2, 0) is 22.7 Å². The van der Waals surface area contributed by atoms with Gasteiger partial charge in [-0.25, -0.2) is 9.34 Å². The van der Waals surface area contributed by atoms with Crippen LogP contribution in [-0.4, -0.2) is 68.5 Å². The average molecular weight is 484 g/mol. The second-order valence-corrected chi connectivity index (χ2v) is 9.37. The summed E-state index contributed by atoms with van der Waals surface area (Å²) in [6.45, 7) is 1.07. The lowest BCUT2D eigenvalue weighted by Gasteiger charge is -2.37. The third kappa shape index (κ3) is 7.05. The molecule has 0 N–H and O–H groups in total. The van der Waals surface area contributed by atoms with E-state index in [9.17, 15) is 14.7 Å². The SMILES string of the molecule is Cn1cc([N+](=O)[O-])cc1COP(=O)(N(CCCl)CCCl)N(CCCl)CCCl. The van der Waals surface area contributed by atoms with Crippen LogP contribution in [0.15, 0.2) is 12.3 Å². The number of rotatable bonds is 14. The Bertz CT molecular complexity index is 617. The van der Waals surface area contributed by atoms with Crippen molar-refractivity contribution in [2.24, 2.45) is 7.05 Å². The summed E-state index contributed by atoms with van der Waals surface area (Å²) in [5.74, 6) is 0.926. The van der Waals surface area contributed by atoms with Gasteiger partial charge in [-0.3, -0.25) is 19.2 Å². The molecule has 0 atom stereocenters. The minimum Gasteiger partial charge on any atom is -0.346 e. The predicted octanol–water partition coefficient (Wildman–Crippen LogP) is 4.12. The van der Waals surface area contributed by atoms with E-state index < -0.39 is 12.6 Å². The van der Waals surface area contributed by atoms with Gasteiger partial charge in [-0.2, -0.15) is 0 Å². The molecule has 27 heavy (non-hydrogen) atoms. The molecule has 0 aliphatic carbocycles. The van der Waals surface area contributed by atoms with Crippen molar-refractivity contribution in [3.05, 3.63) is 28.1 Å². The summed E-state index contributed by atoms with van der Waals surface area (Å²) in [7, 11) is -1.91. The van der Waals surface area contributed by atoms with Crippen LogP contribution in [0.25, 0.3) is 0 Å². The summed E-state index contributed by atoms with van der Waals surface area (Å²) in [5.41, 5.74) is 0.443. The minimum atomic E-state index is -3.56. The van der Waals surface area contributed by atoms with Crippen LogP contribution >= 0.6 is 54.1 Å². The Morgan fingerprint density at radius 2 is 1.52 bits per heavy atom. The van der Waals surface area contributed by atoms with Crippen LogP contribution in [0.2, 0.25) is 0 Å². The quantitative estimate of drug-likeness (QED) is 0.171. The third-order valence-electron chi connectivity index (χ3n) is 3.77. The lowest BCUT2D eigenvalue weighted by Crippen LogP contribution is -2.37. The number of nitro groups is 1. The number of aryl methyl sites for hydroxylation is 1. The van der Waals surface area contributed by atoms with Gasteiger partial charge in [0.1, 0.15) is 0 Å². The fraction of sp³-hybridized carbons (Fsp3) is 0.714. The molecule has 0 bridgehead atoms. The molecule has 8 nitrogen and oxygen atoms in total. The van der Waals surface area contributed by atoms with Gasteiger partial charge in [0.25, 0.3) is 5.69 Å². The normalized spacial score (nSPS) is 12.3. The molecule has 0 unspecified atom stereocenters. The molecule has 1 rings (SSSR count). The van der Waals surface area contributed by atoms with Crippen molar-refractivity contribution in [2.45, 2.75) is 6.61 Å². The van der Waals surface area contributed by atoms with Crippen molar-refractivity contribution in [3.8, 4) is 0 Å². The standard InChI is InChI=1S/C14H23Cl4N4O4P/c1-19-11-13(22(23)24)10-14(19)12-26-27(25,20(6-2-15)7-3-16)21(8-4-17)9-5-18/h10-11H,2-9,12H2,1H3. The Morgan fingerprint density at radius 3 is 1.85 bits per heavy atom. The van der Waals surface area contributed by atoms with Gasteiger partial charge in [0, 0.05) is 62.8 Å². The predicted molar refractivity (Wildman–Crippen MR) is 110 cm³/mol. The van der Waals surface area contributed by atoms with Crippen molar-refractivity contribution in [1.29, 1.82) is 0 Å². The molecule has 0 spiro atoms. The zero-order valence-corrected chi connectivity index (χ0v) is 18.8. The minimum absolute atomic E-state index is 0.0670. The largest absolute Gasteiger partial charge is 0.346 e. The van der Waals surface area contributed by atoms with Crippen molar-refractivity contribution in [3.63, 3.8) is 0 Å². The molecule has 0 saturated heterocycles.